The fourth-order valence-electron chi connectivity index (χ4n) is 1.54. The number of nitrogens with zero attached hydrogens (tertiary/aromatic N) is 5. The van der Waals surface area contributed by atoms with E-state index >= 15 is 0 Å². The van der Waals surface area contributed by atoms with E-state index in [0.29, 0.717) is 18.3 Å². The lowest BCUT2D eigenvalue weighted by Crippen LogP contribution is -2.24. The number of nitrogens with one attached hydrogen (secondary N) is 1. The molecule has 1 aromatic heterocycles. The molecule has 1 aromatic rings. The summed E-state index contributed by atoms with van der Waals surface area (Å²) in [5.74, 6) is 1.58. The number of anilines is 2. The van der Waals surface area contributed by atoms with E-state index in [9.17, 15) is 0 Å². The molecule has 102 valence electrons. The predicted octanol–water partition coefficient (Wildman–Crippen LogP) is -0.439. The van der Waals surface area contributed by atoms with Gasteiger partial charge in [0.25, 0.3) is 0 Å². The SMILES string of the molecule is CNCCCN(C)Cc1nc(N)nc(N(C)C)n1. The fourth-order valence-corrected chi connectivity index (χ4v) is 1.54. The van der Waals surface area contributed by atoms with E-state index in [4.69, 9.17) is 5.73 Å². The molecule has 0 aliphatic rings. The van der Waals surface area contributed by atoms with Crippen molar-refractivity contribution in [3.05, 3.63) is 5.82 Å². The molecule has 0 amide bonds. The Bertz CT molecular complexity index is 366. The normalized spacial score (nSPS) is 10.9. The summed E-state index contributed by atoms with van der Waals surface area (Å²) < 4.78 is 0. The second kappa shape index (κ2) is 7.07. The predicted molar refractivity (Wildman–Crippen MR) is 73.4 cm³/mol. The third-order valence-electron chi connectivity index (χ3n) is 2.47. The second-order valence-electron chi connectivity index (χ2n) is 4.50. The zero-order valence-corrected chi connectivity index (χ0v) is 11.6. The molecule has 0 saturated heterocycles. The Labute approximate surface area is 108 Å². The van der Waals surface area contributed by atoms with Gasteiger partial charge in [-0.15, -0.1) is 0 Å². The van der Waals surface area contributed by atoms with E-state index in [1.807, 2.05) is 33.1 Å². The number of nitrogen functional groups attached to an aromatic ring is 1. The first kappa shape index (κ1) is 14.6. The van der Waals surface area contributed by atoms with E-state index in [1.54, 1.807) is 0 Å². The molecular weight excluding hydrogens is 230 g/mol. The Morgan fingerprint density at radius 1 is 1.17 bits per heavy atom. The summed E-state index contributed by atoms with van der Waals surface area (Å²) in [6, 6.07) is 0. The lowest BCUT2D eigenvalue weighted by Gasteiger charge is -2.17. The first-order valence-electron chi connectivity index (χ1n) is 6.04. The van der Waals surface area contributed by atoms with Crippen molar-refractivity contribution in [2.75, 3.05) is 51.9 Å². The average molecular weight is 253 g/mol. The maximum absolute atomic E-state index is 5.68. The first-order valence-corrected chi connectivity index (χ1v) is 6.04. The van der Waals surface area contributed by atoms with Crippen molar-refractivity contribution in [1.29, 1.82) is 0 Å². The minimum absolute atomic E-state index is 0.271. The topological polar surface area (TPSA) is 83.2 Å². The molecule has 0 aromatic carbocycles. The van der Waals surface area contributed by atoms with Crippen LogP contribution in [0.15, 0.2) is 0 Å². The van der Waals surface area contributed by atoms with Gasteiger partial charge in [0, 0.05) is 14.1 Å². The number of rotatable bonds is 7. The lowest BCUT2D eigenvalue weighted by atomic mass is 10.4. The van der Waals surface area contributed by atoms with Gasteiger partial charge in [-0.2, -0.15) is 15.0 Å². The van der Waals surface area contributed by atoms with Crippen LogP contribution in [0.3, 0.4) is 0 Å². The maximum Gasteiger partial charge on any atom is 0.229 e. The molecule has 0 unspecified atom stereocenters. The van der Waals surface area contributed by atoms with Gasteiger partial charge in [0.1, 0.15) is 5.82 Å². The van der Waals surface area contributed by atoms with Gasteiger partial charge in [-0.05, 0) is 33.6 Å². The third kappa shape index (κ3) is 4.80. The van der Waals surface area contributed by atoms with Crippen LogP contribution in [0.1, 0.15) is 12.2 Å². The summed E-state index contributed by atoms with van der Waals surface area (Å²) in [5, 5.41) is 3.13. The molecule has 18 heavy (non-hydrogen) atoms. The van der Waals surface area contributed by atoms with Gasteiger partial charge in [0.05, 0.1) is 6.54 Å². The summed E-state index contributed by atoms with van der Waals surface area (Å²) in [7, 11) is 7.77. The van der Waals surface area contributed by atoms with Crippen molar-refractivity contribution in [2.24, 2.45) is 0 Å². The van der Waals surface area contributed by atoms with Crippen LogP contribution in [0.4, 0.5) is 11.9 Å². The average Bonchev–Trinajstić information content (AvgIpc) is 2.28. The summed E-state index contributed by atoms with van der Waals surface area (Å²) in [6.45, 7) is 2.67. The highest BCUT2D eigenvalue weighted by Gasteiger charge is 2.08. The Morgan fingerprint density at radius 3 is 2.50 bits per heavy atom. The van der Waals surface area contributed by atoms with Crippen LogP contribution in [0.2, 0.25) is 0 Å². The molecule has 0 atom stereocenters. The number of nitrogens with two attached hydrogens (primary N) is 1. The summed E-state index contributed by atoms with van der Waals surface area (Å²) in [5.41, 5.74) is 5.68. The van der Waals surface area contributed by atoms with Crippen molar-refractivity contribution in [3.8, 4) is 0 Å². The van der Waals surface area contributed by atoms with Crippen LogP contribution in [-0.2, 0) is 6.54 Å². The van der Waals surface area contributed by atoms with Crippen LogP contribution < -0.4 is 16.0 Å². The molecule has 7 heteroatoms. The van der Waals surface area contributed by atoms with E-state index < -0.39 is 0 Å². The monoisotopic (exact) mass is 253 g/mol. The molecule has 0 radical (unpaired) electrons. The molecule has 0 saturated carbocycles. The molecule has 1 rings (SSSR count). The zero-order valence-electron chi connectivity index (χ0n) is 11.6. The second-order valence-corrected chi connectivity index (χ2v) is 4.50. The number of hydrogen-bond donors (Lipinski definition) is 2. The van der Waals surface area contributed by atoms with Gasteiger partial charge < -0.3 is 16.0 Å². The Morgan fingerprint density at radius 2 is 1.89 bits per heavy atom. The van der Waals surface area contributed by atoms with Crippen LogP contribution >= 0.6 is 0 Å². The van der Waals surface area contributed by atoms with Crippen molar-refractivity contribution in [3.63, 3.8) is 0 Å². The molecule has 0 bridgehead atoms. The Kier molecular flexibility index (Phi) is 5.73. The highest BCUT2D eigenvalue weighted by Crippen LogP contribution is 2.07. The van der Waals surface area contributed by atoms with Gasteiger partial charge in [-0.25, -0.2) is 0 Å². The highest BCUT2D eigenvalue weighted by atomic mass is 15.3. The number of hydrogen-bond acceptors (Lipinski definition) is 7. The van der Waals surface area contributed by atoms with Gasteiger partial charge in [0.2, 0.25) is 11.9 Å². The smallest absolute Gasteiger partial charge is 0.229 e. The van der Waals surface area contributed by atoms with Crippen molar-refractivity contribution >= 4 is 11.9 Å². The molecule has 7 nitrogen and oxygen atoms in total. The van der Waals surface area contributed by atoms with Crippen molar-refractivity contribution < 1.29 is 0 Å². The minimum atomic E-state index is 0.271. The lowest BCUT2D eigenvalue weighted by molar-refractivity contribution is 0.313. The maximum atomic E-state index is 5.68. The van der Waals surface area contributed by atoms with Crippen molar-refractivity contribution in [1.82, 2.24) is 25.2 Å². The molecule has 0 aliphatic heterocycles. The zero-order chi connectivity index (χ0) is 13.5. The summed E-state index contributed by atoms with van der Waals surface area (Å²) in [6.07, 6.45) is 1.09. The standard InChI is InChI=1S/C11H23N7/c1-13-6-5-7-18(4)8-9-14-10(12)16-11(15-9)17(2)3/h13H,5-8H2,1-4H3,(H2,12,14,15,16). The summed E-state index contributed by atoms with van der Waals surface area (Å²) >= 11 is 0. The van der Waals surface area contributed by atoms with E-state index in [1.165, 1.54) is 0 Å². The Balaban J connectivity index is 2.60. The van der Waals surface area contributed by atoms with Crippen molar-refractivity contribution in [2.45, 2.75) is 13.0 Å². The summed E-state index contributed by atoms with van der Waals surface area (Å²) in [4.78, 5) is 16.6. The molecule has 0 fully saturated rings. The Hall–Kier alpha value is -1.47. The minimum Gasteiger partial charge on any atom is -0.368 e. The number of aromatic nitrogens is 3. The quantitative estimate of drug-likeness (QED) is 0.637. The molecule has 0 spiro atoms. The van der Waals surface area contributed by atoms with Crippen LogP contribution in [-0.4, -0.2) is 61.1 Å². The van der Waals surface area contributed by atoms with E-state index in [0.717, 1.165) is 19.5 Å². The molecule has 3 N–H and O–H groups in total. The van der Waals surface area contributed by atoms with Crippen LogP contribution in [0.5, 0.6) is 0 Å². The molecule has 0 aliphatic carbocycles. The largest absolute Gasteiger partial charge is 0.368 e. The van der Waals surface area contributed by atoms with Gasteiger partial charge in [0.15, 0.2) is 0 Å². The van der Waals surface area contributed by atoms with Crippen LogP contribution in [0, 0.1) is 0 Å². The van der Waals surface area contributed by atoms with Gasteiger partial charge >= 0.3 is 0 Å². The fraction of sp³-hybridized carbons (Fsp3) is 0.727. The first-order chi connectivity index (χ1) is 8.52. The highest BCUT2D eigenvalue weighted by molar-refractivity contribution is 5.32. The van der Waals surface area contributed by atoms with E-state index in [-0.39, 0.29) is 5.95 Å². The van der Waals surface area contributed by atoms with Gasteiger partial charge in [-0.3, -0.25) is 4.90 Å². The third-order valence-corrected chi connectivity index (χ3v) is 2.47. The van der Waals surface area contributed by atoms with E-state index in [2.05, 4.69) is 25.2 Å². The molecule has 1 heterocycles. The molecular formula is C11H23N7. The van der Waals surface area contributed by atoms with Crippen LogP contribution in [0.25, 0.3) is 0 Å². The van der Waals surface area contributed by atoms with Gasteiger partial charge in [-0.1, -0.05) is 0 Å².